The summed E-state index contributed by atoms with van der Waals surface area (Å²) in [5, 5.41) is 13.3. The summed E-state index contributed by atoms with van der Waals surface area (Å²) in [5.74, 6) is 0.314. The van der Waals surface area contributed by atoms with Gasteiger partial charge in [-0.25, -0.2) is 0 Å². The Labute approximate surface area is 105 Å². The lowest BCUT2D eigenvalue weighted by Crippen LogP contribution is -1.83. The van der Waals surface area contributed by atoms with Gasteiger partial charge in [0.1, 0.15) is 5.75 Å². The molecule has 2 aromatic carbocycles. The summed E-state index contributed by atoms with van der Waals surface area (Å²) in [7, 11) is 0. The predicted octanol–water partition coefficient (Wildman–Crippen LogP) is 4.56. The molecule has 18 heavy (non-hydrogen) atoms. The summed E-state index contributed by atoms with van der Waals surface area (Å²) >= 11 is 0. The molecule has 1 N–H and O–H groups in total. The van der Waals surface area contributed by atoms with Gasteiger partial charge in [0.2, 0.25) is 0 Å². The van der Waals surface area contributed by atoms with Gasteiger partial charge in [-0.15, -0.1) is 0 Å². The molecule has 90 valence electrons. The van der Waals surface area contributed by atoms with Crippen LogP contribution in [0.4, 0.5) is 5.69 Å². The first-order chi connectivity index (χ1) is 8.74. The highest BCUT2D eigenvalue weighted by Gasteiger charge is 2.02. The molecule has 0 saturated heterocycles. The van der Waals surface area contributed by atoms with E-state index in [9.17, 15) is 5.11 Å². The molecule has 0 atom stereocenters. The highest BCUT2D eigenvalue weighted by atomic mass is 16.3. The van der Waals surface area contributed by atoms with Gasteiger partial charge in [-0.05, 0) is 34.7 Å². The Bertz CT molecular complexity index is 599. The lowest BCUT2D eigenvalue weighted by atomic mass is 10.0. The summed E-state index contributed by atoms with van der Waals surface area (Å²) in [6, 6.07) is 12.9. The maximum absolute atomic E-state index is 9.82. The monoisotopic (exact) mass is 239 g/mol. The fraction of sp³-hybridized carbons (Fsp3) is 0.143. The van der Waals surface area contributed by atoms with Crippen molar-refractivity contribution in [1.29, 1.82) is 0 Å². The molecule has 0 bridgehead atoms. The van der Waals surface area contributed by atoms with Crippen molar-refractivity contribution >= 4 is 5.69 Å². The standard InChI is InChI=1S/C14H13N3O/c1-2-10-3-4-12(9-14(10)18)11-5-7-13(8-6-11)16-17-15/h3-9,18H,2H2,1H3. The van der Waals surface area contributed by atoms with Crippen molar-refractivity contribution in [3.05, 3.63) is 58.5 Å². The van der Waals surface area contributed by atoms with Crippen LogP contribution in [0.3, 0.4) is 0 Å². The summed E-state index contributed by atoms with van der Waals surface area (Å²) in [6.45, 7) is 2.00. The van der Waals surface area contributed by atoms with Crippen LogP contribution in [0.15, 0.2) is 47.6 Å². The van der Waals surface area contributed by atoms with E-state index in [1.165, 1.54) is 0 Å². The van der Waals surface area contributed by atoms with Crippen LogP contribution in [0.5, 0.6) is 5.75 Å². The van der Waals surface area contributed by atoms with E-state index < -0.39 is 0 Å². The molecule has 0 saturated carbocycles. The first kappa shape index (κ1) is 12.0. The van der Waals surface area contributed by atoms with Crippen LogP contribution < -0.4 is 0 Å². The van der Waals surface area contributed by atoms with Gasteiger partial charge >= 0.3 is 0 Å². The summed E-state index contributed by atoms with van der Waals surface area (Å²) in [4.78, 5) is 2.73. The number of hydrogen-bond acceptors (Lipinski definition) is 2. The molecule has 0 aliphatic heterocycles. The van der Waals surface area contributed by atoms with Crippen molar-refractivity contribution in [3.8, 4) is 16.9 Å². The summed E-state index contributed by atoms with van der Waals surface area (Å²) in [5.41, 5.74) is 11.8. The Hall–Kier alpha value is -2.45. The zero-order valence-electron chi connectivity index (χ0n) is 10.0. The average molecular weight is 239 g/mol. The zero-order chi connectivity index (χ0) is 13.0. The van der Waals surface area contributed by atoms with Crippen molar-refractivity contribution in [2.24, 2.45) is 5.11 Å². The lowest BCUT2D eigenvalue weighted by Gasteiger charge is -2.06. The molecule has 4 heteroatoms. The molecule has 0 aliphatic rings. The minimum atomic E-state index is 0.314. The van der Waals surface area contributed by atoms with Crippen LogP contribution in [0, 0.1) is 0 Å². The van der Waals surface area contributed by atoms with Gasteiger partial charge in [0.15, 0.2) is 0 Å². The SMILES string of the molecule is CCc1ccc(-c2ccc(N=[N+]=[N-])cc2)cc1O. The van der Waals surface area contributed by atoms with Gasteiger partial charge in [0.05, 0.1) is 0 Å². The van der Waals surface area contributed by atoms with Crippen LogP contribution in [0.1, 0.15) is 12.5 Å². The van der Waals surface area contributed by atoms with Crippen LogP contribution in [0.2, 0.25) is 0 Å². The number of aromatic hydroxyl groups is 1. The van der Waals surface area contributed by atoms with Crippen molar-refractivity contribution in [1.82, 2.24) is 0 Å². The Balaban J connectivity index is 2.36. The van der Waals surface area contributed by atoms with Gasteiger partial charge in [-0.2, -0.15) is 0 Å². The topological polar surface area (TPSA) is 69.0 Å². The maximum atomic E-state index is 9.82. The first-order valence-corrected chi connectivity index (χ1v) is 5.72. The maximum Gasteiger partial charge on any atom is 0.119 e. The summed E-state index contributed by atoms with van der Waals surface area (Å²) < 4.78 is 0. The van der Waals surface area contributed by atoms with Gasteiger partial charge in [0, 0.05) is 10.6 Å². The number of benzene rings is 2. The van der Waals surface area contributed by atoms with E-state index in [-0.39, 0.29) is 0 Å². The fourth-order valence-electron chi connectivity index (χ4n) is 1.81. The van der Waals surface area contributed by atoms with Gasteiger partial charge in [0.25, 0.3) is 0 Å². The van der Waals surface area contributed by atoms with Crippen molar-refractivity contribution in [2.45, 2.75) is 13.3 Å². The molecule has 0 unspecified atom stereocenters. The van der Waals surface area contributed by atoms with E-state index >= 15 is 0 Å². The zero-order valence-corrected chi connectivity index (χ0v) is 10.0. The van der Waals surface area contributed by atoms with Gasteiger partial charge in [-0.3, -0.25) is 0 Å². The minimum Gasteiger partial charge on any atom is -0.508 e. The molecule has 2 rings (SSSR count). The van der Waals surface area contributed by atoms with Crippen molar-refractivity contribution < 1.29 is 5.11 Å². The molecule has 0 aliphatic carbocycles. The molecule has 0 fully saturated rings. The van der Waals surface area contributed by atoms with E-state index in [2.05, 4.69) is 10.0 Å². The van der Waals surface area contributed by atoms with Crippen LogP contribution >= 0.6 is 0 Å². The average Bonchev–Trinajstić information content (AvgIpc) is 2.40. The number of phenols is 1. The van der Waals surface area contributed by atoms with E-state index in [1.807, 2.05) is 31.2 Å². The van der Waals surface area contributed by atoms with Crippen LogP contribution in [-0.4, -0.2) is 5.11 Å². The Kier molecular flexibility index (Phi) is 3.51. The van der Waals surface area contributed by atoms with Crippen molar-refractivity contribution in [2.75, 3.05) is 0 Å². The molecule has 4 nitrogen and oxygen atoms in total. The highest BCUT2D eigenvalue weighted by molar-refractivity contribution is 5.67. The molecule has 2 aromatic rings. The van der Waals surface area contributed by atoms with Gasteiger partial charge in [-0.1, -0.05) is 48.4 Å². The number of nitrogens with zero attached hydrogens (tertiary/aromatic N) is 3. The number of aryl methyl sites for hydroxylation is 1. The minimum absolute atomic E-state index is 0.314. The predicted molar refractivity (Wildman–Crippen MR) is 71.7 cm³/mol. The second-order valence-electron chi connectivity index (χ2n) is 3.93. The van der Waals surface area contributed by atoms with E-state index in [4.69, 9.17) is 5.53 Å². The van der Waals surface area contributed by atoms with Crippen molar-refractivity contribution in [3.63, 3.8) is 0 Å². The molecule has 0 amide bonds. The summed E-state index contributed by atoms with van der Waals surface area (Å²) in [6.07, 6.45) is 0.807. The van der Waals surface area contributed by atoms with E-state index in [0.29, 0.717) is 11.4 Å². The third-order valence-corrected chi connectivity index (χ3v) is 2.83. The first-order valence-electron chi connectivity index (χ1n) is 5.72. The molecule has 0 spiro atoms. The Morgan fingerprint density at radius 3 is 2.33 bits per heavy atom. The third kappa shape index (κ3) is 2.44. The third-order valence-electron chi connectivity index (χ3n) is 2.83. The largest absolute Gasteiger partial charge is 0.508 e. The molecule has 0 heterocycles. The smallest absolute Gasteiger partial charge is 0.119 e. The fourth-order valence-corrected chi connectivity index (χ4v) is 1.81. The second kappa shape index (κ2) is 5.25. The van der Waals surface area contributed by atoms with E-state index in [0.717, 1.165) is 23.1 Å². The van der Waals surface area contributed by atoms with E-state index in [1.54, 1.807) is 18.2 Å². The van der Waals surface area contributed by atoms with Crippen LogP contribution in [0.25, 0.3) is 21.6 Å². The highest BCUT2D eigenvalue weighted by Crippen LogP contribution is 2.28. The lowest BCUT2D eigenvalue weighted by molar-refractivity contribution is 0.469. The Morgan fingerprint density at radius 2 is 1.78 bits per heavy atom. The second-order valence-corrected chi connectivity index (χ2v) is 3.93. The number of phenolic OH excluding ortho intramolecular Hbond substituents is 1. The molecular formula is C14H13N3O. The Morgan fingerprint density at radius 1 is 1.11 bits per heavy atom. The van der Waals surface area contributed by atoms with Gasteiger partial charge < -0.3 is 5.11 Å². The number of azide groups is 1. The number of hydrogen-bond donors (Lipinski definition) is 1. The normalized spacial score (nSPS) is 9.83. The van der Waals surface area contributed by atoms with Crippen LogP contribution in [-0.2, 0) is 6.42 Å². The molecule has 0 radical (unpaired) electrons. The molecule has 0 aromatic heterocycles. The number of rotatable bonds is 3. The molecular weight excluding hydrogens is 226 g/mol. The quantitative estimate of drug-likeness (QED) is 0.476.